The Labute approximate surface area is 129 Å². The molecular formula is C19H31NO. The predicted octanol–water partition coefficient (Wildman–Crippen LogP) is 4.58. The van der Waals surface area contributed by atoms with Crippen LogP contribution in [-0.4, -0.2) is 16.9 Å². The first-order valence-electron chi connectivity index (χ1n) is 8.94. The maximum Gasteiger partial charge on any atom is 0.0596 e. The quantitative estimate of drug-likeness (QED) is 0.673. The molecule has 0 aromatic rings. The number of aliphatic hydroxyl groups excluding tert-OH is 1. The number of fused-ring (bicyclic) bond motifs is 3. The van der Waals surface area contributed by atoms with E-state index < -0.39 is 0 Å². The fourth-order valence-electron chi connectivity index (χ4n) is 5.61. The van der Waals surface area contributed by atoms with Crippen LogP contribution in [0, 0.1) is 34.5 Å². The van der Waals surface area contributed by atoms with Crippen molar-refractivity contribution in [2.75, 3.05) is 0 Å². The van der Waals surface area contributed by atoms with E-state index >= 15 is 0 Å². The van der Waals surface area contributed by atoms with Gasteiger partial charge in [-0.25, -0.2) is 0 Å². The van der Waals surface area contributed by atoms with Crippen LogP contribution in [0.15, 0.2) is 12.2 Å². The van der Waals surface area contributed by atoms with Crippen LogP contribution in [-0.2, 0) is 0 Å². The number of allylic oxidation sites excluding steroid dienone is 2. The monoisotopic (exact) mass is 289 g/mol. The first-order chi connectivity index (χ1) is 10.0. The number of nitrogens with one attached hydrogen (secondary N) is 1. The van der Waals surface area contributed by atoms with Crippen molar-refractivity contribution in [3.8, 4) is 0 Å². The Kier molecular flexibility index (Phi) is 4.27. The van der Waals surface area contributed by atoms with Crippen molar-refractivity contribution in [3.05, 3.63) is 12.2 Å². The molecule has 0 saturated heterocycles. The van der Waals surface area contributed by atoms with Gasteiger partial charge in [-0.2, -0.15) is 0 Å². The summed E-state index contributed by atoms with van der Waals surface area (Å²) in [6.07, 6.45) is 13.4. The third-order valence-corrected chi connectivity index (χ3v) is 7.03. The van der Waals surface area contributed by atoms with Crippen molar-refractivity contribution in [3.63, 3.8) is 0 Å². The molecule has 0 aromatic heterocycles. The van der Waals surface area contributed by atoms with Gasteiger partial charge in [0.05, 0.1) is 6.10 Å². The lowest BCUT2D eigenvalue weighted by Gasteiger charge is -2.49. The molecular weight excluding hydrogens is 258 g/mol. The Balaban J connectivity index is 1.84. The highest BCUT2D eigenvalue weighted by molar-refractivity contribution is 5.92. The number of hydrogen-bond acceptors (Lipinski definition) is 2. The van der Waals surface area contributed by atoms with E-state index in [4.69, 9.17) is 5.41 Å². The van der Waals surface area contributed by atoms with Crippen LogP contribution in [0.4, 0.5) is 0 Å². The molecule has 0 heterocycles. The van der Waals surface area contributed by atoms with Crippen LogP contribution in [0.2, 0.25) is 0 Å². The lowest BCUT2D eigenvalue weighted by atomic mass is 9.56. The largest absolute Gasteiger partial charge is 0.393 e. The van der Waals surface area contributed by atoms with Gasteiger partial charge >= 0.3 is 0 Å². The summed E-state index contributed by atoms with van der Waals surface area (Å²) in [7, 11) is 0. The van der Waals surface area contributed by atoms with E-state index in [1.165, 1.54) is 25.7 Å². The van der Waals surface area contributed by atoms with Crippen molar-refractivity contribution in [1.82, 2.24) is 0 Å². The molecule has 6 atom stereocenters. The van der Waals surface area contributed by atoms with Crippen LogP contribution < -0.4 is 0 Å². The van der Waals surface area contributed by atoms with E-state index in [0.29, 0.717) is 0 Å². The zero-order valence-electron chi connectivity index (χ0n) is 13.6. The lowest BCUT2D eigenvalue weighted by molar-refractivity contribution is -0.0470. The Hall–Kier alpha value is -0.630. The fourth-order valence-corrected chi connectivity index (χ4v) is 5.61. The van der Waals surface area contributed by atoms with Crippen LogP contribution in [0.5, 0.6) is 0 Å². The first-order valence-corrected chi connectivity index (χ1v) is 8.94. The van der Waals surface area contributed by atoms with Gasteiger partial charge in [-0.3, -0.25) is 0 Å². The third kappa shape index (κ3) is 2.72. The summed E-state index contributed by atoms with van der Waals surface area (Å²) in [5.41, 5.74) is 0.985. The van der Waals surface area contributed by atoms with Gasteiger partial charge < -0.3 is 10.5 Å². The molecule has 0 aliphatic heterocycles. The Morgan fingerprint density at radius 2 is 1.95 bits per heavy atom. The summed E-state index contributed by atoms with van der Waals surface area (Å²) in [5.74, 6) is 3.05. The zero-order chi connectivity index (χ0) is 15.0. The molecule has 0 spiro atoms. The molecule has 6 unspecified atom stereocenters. The van der Waals surface area contributed by atoms with E-state index in [9.17, 15) is 5.11 Å². The molecule has 3 rings (SSSR count). The highest BCUT2D eigenvalue weighted by Crippen LogP contribution is 2.58. The SMILES string of the molecule is CC1CCC(=N)C=CCCC2C1CCC1(C)C(O)CCC21. The van der Waals surface area contributed by atoms with Gasteiger partial charge in [0, 0.05) is 5.71 Å². The Bertz CT molecular complexity index is 429. The van der Waals surface area contributed by atoms with Crippen LogP contribution in [0.1, 0.15) is 65.2 Å². The molecule has 21 heavy (non-hydrogen) atoms. The van der Waals surface area contributed by atoms with Crippen molar-refractivity contribution in [1.29, 1.82) is 5.41 Å². The lowest BCUT2D eigenvalue weighted by Crippen LogP contribution is -2.44. The molecule has 2 N–H and O–H groups in total. The first kappa shape index (κ1) is 15.3. The predicted molar refractivity (Wildman–Crippen MR) is 87.6 cm³/mol. The van der Waals surface area contributed by atoms with Crippen LogP contribution in [0.3, 0.4) is 0 Å². The number of aliphatic hydroxyl groups is 1. The van der Waals surface area contributed by atoms with Gasteiger partial charge in [0.15, 0.2) is 0 Å². The van der Waals surface area contributed by atoms with E-state index in [-0.39, 0.29) is 11.5 Å². The fraction of sp³-hybridized carbons (Fsp3) is 0.842. The topological polar surface area (TPSA) is 44.1 Å². The Morgan fingerprint density at radius 1 is 1.14 bits per heavy atom. The third-order valence-electron chi connectivity index (χ3n) is 7.03. The molecule has 2 fully saturated rings. The molecule has 0 amide bonds. The van der Waals surface area contributed by atoms with E-state index in [0.717, 1.165) is 55.1 Å². The smallest absolute Gasteiger partial charge is 0.0596 e. The number of rotatable bonds is 0. The molecule has 0 aromatic carbocycles. The molecule has 0 radical (unpaired) electrons. The average molecular weight is 289 g/mol. The van der Waals surface area contributed by atoms with Crippen molar-refractivity contribution in [2.24, 2.45) is 29.1 Å². The molecule has 3 aliphatic carbocycles. The maximum absolute atomic E-state index is 10.5. The molecule has 2 nitrogen and oxygen atoms in total. The van der Waals surface area contributed by atoms with E-state index in [1.54, 1.807) is 0 Å². The van der Waals surface area contributed by atoms with Gasteiger partial charge in [0.25, 0.3) is 0 Å². The molecule has 118 valence electrons. The summed E-state index contributed by atoms with van der Waals surface area (Å²) in [5, 5.41) is 18.4. The van der Waals surface area contributed by atoms with Gasteiger partial charge in [-0.05, 0) is 86.5 Å². The summed E-state index contributed by atoms with van der Waals surface area (Å²) in [6.45, 7) is 4.75. The molecule has 0 bridgehead atoms. The second-order valence-corrected chi connectivity index (χ2v) is 8.09. The van der Waals surface area contributed by atoms with E-state index in [1.807, 2.05) is 6.08 Å². The summed E-state index contributed by atoms with van der Waals surface area (Å²) >= 11 is 0. The van der Waals surface area contributed by atoms with E-state index in [2.05, 4.69) is 19.9 Å². The maximum atomic E-state index is 10.5. The Morgan fingerprint density at radius 3 is 2.76 bits per heavy atom. The van der Waals surface area contributed by atoms with Crippen LogP contribution in [0.25, 0.3) is 0 Å². The minimum Gasteiger partial charge on any atom is -0.393 e. The second kappa shape index (κ2) is 5.87. The van der Waals surface area contributed by atoms with Crippen molar-refractivity contribution < 1.29 is 5.11 Å². The minimum absolute atomic E-state index is 0.0714. The molecule has 2 saturated carbocycles. The second-order valence-electron chi connectivity index (χ2n) is 8.09. The summed E-state index contributed by atoms with van der Waals surface area (Å²) in [6, 6.07) is 0. The summed E-state index contributed by atoms with van der Waals surface area (Å²) < 4.78 is 0. The zero-order valence-corrected chi connectivity index (χ0v) is 13.6. The standard InChI is InChI=1S/C19H31NO/c1-13-7-8-14(20)5-3-4-6-16-15(13)11-12-19(2)17(16)9-10-18(19)21/h3,5,13,15-18,20-21H,4,6-12H2,1-2H3. The van der Waals surface area contributed by atoms with Gasteiger partial charge in [0.2, 0.25) is 0 Å². The van der Waals surface area contributed by atoms with Crippen LogP contribution >= 0.6 is 0 Å². The average Bonchev–Trinajstić information content (AvgIpc) is 2.76. The van der Waals surface area contributed by atoms with Gasteiger partial charge in [-0.15, -0.1) is 0 Å². The van der Waals surface area contributed by atoms with Gasteiger partial charge in [-0.1, -0.05) is 19.9 Å². The normalized spacial score (nSPS) is 47.8. The molecule has 3 aliphatic rings. The highest BCUT2D eigenvalue weighted by atomic mass is 16.3. The summed E-state index contributed by atoms with van der Waals surface area (Å²) in [4.78, 5) is 0. The van der Waals surface area contributed by atoms with Crippen molar-refractivity contribution >= 4 is 5.71 Å². The number of hydrogen-bond donors (Lipinski definition) is 2. The molecule has 2 heteroatoms. The highest BCUT2D eigenvalue weighted by Gasteiger charge is 2.53. The van der Waals surface area contributed by atoms with Gasteiger partial charge in [0.1, 0.15) is 0 Å². The minimum atomic E-state index is -0.0714. The van der Waals surface area contributed by atoms with Crippen molar-refractivity contribution in [2.45, 2.75) is 71.3 Å².